The van der Waals surface area contributed by atoms with Gasteiger partial charge in [0.25, 0.3) is 0 Å². The van der Waals surface area contributed by atoms with Crippen LogP contribution in [-0.4, -0.2) is 5.38 Å². The van der Waals surface area contributed by atoms with Crippen LogP contribution in [0.5, 0.6) is 0 Å². The van der Waals surface area contributed by atoms with Crippen molar-refractivity contribution in [2.75, 3.05) is 0 Å². The smallest absolute Gasteiger partial charge is 0.0370 e. The summed E-state index contributed by atoms with van der Waals surface area (Å²) < 4.78 is 0. The van der Waals surface area contributed by atoms with Crippen LogP contribution >= 0.6 is 11.6 Å². The average molecular weight is 187 g/mol. The van der Waals surface area contributed by atoms with E-state index in [2.05, 4.69) is 20.1 Å². The lowest BCUT2D eigenvalue weighted by Gasteiger charge is -2.11. The molecule has 0 saturated carbocycles. The lowest BCUT2D eigenvalue weighted by atomic mass is 9.99. The minimum Gasteiger partial charge on any atom is -0.123 e. The number of alkyl halides is 1. The van der Waals surface area contributed by atoms with Gasteiger partial charge >= 0.3 is 0 Å². The Kier molecular flexibility index (Phi) is 7.28. The van der Waals surface area contributed by atoms with Crippen LogP contribution in [0.1, 0.15) is 32.6 Å². The second-order valence-corrected chi connectivity index (χ2v) is 3.72. The maximum absolute atomic E-state index is 6.03. The Morgan fingerprint density at radius 1 is 1.33 bits per heavy atom. The van der Waals surface area contributed by atoms with Crippen molar-refractivity contribution < 1.29 is 0 Å². The van der Waals surface area contributed by atoms with E-state index in [4.69, 9.17) is 11.6 Å². The highest BCUT2D eigenvalue weighted by atomic mass is 35.5. The van der Waals surface area contributed by atoms with Gasteiger partial charge in [-0.15, -0.1) is 24.8 Å². The van der Waals surface area contributed by atoms with Gasteiger partial charge in [0.1, 0.15) is 0 Å². The van der Waals surface area contributed by atoms with Crippen molar-refractivity contribution in [3.8, 4) is 0 Å². The van der Waals surface area contributed by atoms with Gasteiger partial charge in [-0.25, -0.2) is 0 Å². The summed E-state index contributed by atoms with van der Waals surface area (Å²) in [5, 5.41) is 0.261. The number of hydrogen-bond donors (Lipinski definition) is 0. The Labute approximate surface area is 81.3 Å². The van der Waals surface area contributed by atoms with Crippen LogP contribution in [0, 0.1) is 5.92 Å². The molecule has 0 nitrogen and oxygen atoms in total. The molecule has 0 radical (unpaired) electrons. The van der Waals surface area contributed by atoms with E-state index in [0.29, 0.717) is 5.92 Å². The zero-order valence-electron chi connectivity index (χ0n) is 7.93. The molecule has 0 aliphatic carbocycles. The molecule has 0 aromatic heterocycles. The predicted molar refractivity (Wildman–Crippen MR) is 57.7 cm³/mol. The van der Waals surface area contributed by atoms with E-state index in [1.807, 2.05) is 12.2 Å². The molecule has 0 N–H and O–H groups in total. The SMILES string of the molecule is C=CCC(Cl)CCC(C=C)CC. The normalized spacial score (nSPS) is 15.2. The van der Waals surface area contributed by atoms with Crippen LogP contribution in [0.4, 0.5) is 0 Å². The summed E-state index contributed by atoms with van der Waals surface area (Å²) >= 11 is 6.03. The first-order valence-corrected chi connectivity index (χ1v) is 5.05. The topological polar surface area (TPSA) is 0 Å². The molecule has 0 fully saturated rings. The van der Waals surface area contributed by atoms with Crippen molar-refractivity contribution in [2.24, 2.45) is 5.92 Å². The maximum Gasteiger partial charge on any atom is 0.0370 e. The molecule has 0 aromatic carbocycles. The molecule has 0 amide bonds. The van der Waals surface area contributed by atoms with Gasteiger partial charge in [0.2, 0.25) is 0 Å². The molecule has 0 aliphatic heterocycles. The second-order valence-electron chi connectivity index (χ2n) is 3.10. The Morgan fingerprint density at radius 2 is 2.00 bits per heavy atom. The standard InChI is InChI=1S/C11H19Cl/c1-4-7-11(12)9-8-10(5-2)6-3/h4-5,10-11H,1-2,6-9H2,3H3. The van der Waals surface area contributed by atoms with E-state index in [9.17, 15) is 0 Å². The van der Waals surface area contributed by atoms with Crippen LogP contribution in [0.3, 0.4) is 0 Å². The van der Waals surface area contributed by atoms with Crippen molar-refractivity contribution in [1.29, 1.82) is 0 Å². The number of rotatable bonds is 7. The second kappa shape index (κ2) is 7.42. The first-order valence-electron chi connectivity index (χ1n) is 4.62. The number of allylic oxidation sites excluding steroid dienone is 2. The first kappa shape index (κ1) is 11.8. The first-order chi connectivity index (χ1) is 5.74. The van der Waals surface area contributed by atoms with Gasteiger partial charge in [-0.05, 0) is 31.6 Å². The summed E-state index contributed by atoms with van der Waals surface area (Å²) in [7, 11) is 0. The van der Waals surface area contributed by atoms with Crippen molar-refractivity contribution in [3.63, 3.8) is 0 Å². The van der Waals surface area contributed by atoms with Crippen LogP contribution < -0.4 is 0 Å². The van der Waals surface area contributed by atoms with Gasteiger partial charge in [-0.2, -0.15) is 0 Å². The van der Waals surface area contributed by atoms with Crippen molar-refractivity contribution in [3.05, 3.63) is 25.3 Å². The van der Waals surface area contributed by atoms with E-state index < -0.39 is 0 Å². The van der Waals surface area contributed by atoms with E-state index in [1.165, 1.54) is 6.42 Å². The van der Waals surface area contributed by atoms with Crippen molar-refractivity contribution in [1.82, 2.24) is 0 Å². The van der Waals surface area contributed by atoms with Gasteiger partial charge < -0.3 is 0 Å². The molecule has 2 atom stereocenters. The summed E-state index contributed by atoms with van der Waals surface area (Å²) in [6.45, 7) is 9.64. The van der Waals surface area contributed by atoms with Gasteiger partial charge in [0.15, 0.2) is 0 Å². The minimum atomic E-state index is 0.261. The molecular formula is C11H19Cl. The monoisotopic (exact) mass is 186 g/mol. The molecule has 0 rings (SSSR count). The quantitative estimate of drug-likeness (QED) is 0.414. The van der Waals surface area contributed by atoms with E-state index in [1.54, 1.807) is 0 Å². The summed E-state index contributed by atoms with van der Waals surface area (Å²) in [4.78, 5) is 0. The summed E-state index contributed by atoms with van der Waals surface area (Å²) in [5.74, 6) is 0.635. The third-order valence-corrected chi connectivity index (χ3v) is 2.53. The molecule has 0 aliphatic rings. The Bertz CT molecular complexity index is 129. The molecule has 0 heterocycles. The van der Waals surface area contributed by atoms with Gasteiger partial charge in [-0.3, -0.25) is 0 Å². The van der Waals surface area contributed by atoms with Gasteiger partial charge in [-0.1, -0.05) is 19.1 Å². The van der Waals surface area contributed by atoms with Crippen LogP contribution in [0.2, 0.25) is 0 Å². The van der Waals surface area contributed by atoms with Gasteiger partial charge in [0, 0.05) is 5.38 Å². The summed E-state index contributed by atoms with van der Waals surface area (Å²) in [5.41, 5.74) is 0. The third-order valence-electron chi connectivity index (χ3n) is 2.13. The molecule has 12 heavy (non-hydrogen) atoms. The largest absolute Gasteiger partial charge is 0.123 e. The number of hydrogen-bond acceptors (Lipinski definition) is 0. The molecular weight excluding hydrogens is 168 g/mol. The molecule has 0 bridgehead atoms. The highest BCUT2D eigenvalue weighted by Crippen LogP contribution is 2.17. The Balaban J connectivity index is 3.50. The molecule has 0 aromatic rings. The fraction of sp³-hybridized carbons (Fsp3) is 0.636. The lowest BCUT2D eigenvalue weighted by molar-refractivity contribution is 0.536. The summed E-state index contributed by atoms with van der Waals surface area (Å²) in [6, 6.07) is 0. The minimum absolute atomic E-state index is 0.261. The van der Waals surface area contributed by atoms with Crippen molar-refractivity contribution in [2.45, 2.75) is 38.0 Å². The van der Waals surface area contributed by atoms with E-state index >= 15 is 0 Å². The van der Waals surface area contributed by atoms with E-state index in [0.717, 1.165) is 19.3 Å². The third kappa shape index (κ3) is 5.42. The van der Waals surface area contributed by atoms with Crippen molar-refractivity contribution >= 4 is 11.6 Å². The maximum atomic E-state index is 6.03. The molecule has 2 unspecified atom stereocenters. The average Bonchev–Trinajstić information content (AvgIpc) is 2.07. The fourth-order valence-electron chi connectivity index (χ4n) is 1.18. The van der Waals surface area contributed by atoms with Gasteiger partial charge in [0.05, 0.1) is 0 Å². The van der Waals surface area contributed by atoms with E-state index in [-0.39, 0.29) is 5.38 Å². The van der Waals surface area contributed by atoms with Crippen LogP contribution in [0.25, 0.3) is 0 Å². The highest BCUT2D eigenvalue weighted by molar-refractivity contribution is 6.20. The van der Waals surface area contributed by atoms with Crippen LogP contribution in [-0.2, 0) is 0 Å². The molecule has 0 saturated heterocycles. The molecule has 0 spiro atoms. The Hall–Kier alpha value is -0.230. The molecule has 70 valence electrons. The molecule has 1 heteroatoms. The van der Waals surface area contributed by atoms with Crippen LogP contribution in [0.15, 0.2) is 25.3 Å². The highest BCUT2D eigenvalue weighted by Gasteiger charge is 2.06. The zero-order valence-corrected chi connectivity index (χ0v) is 8.69. The fourth-order valence-corrected chi connectivity index (χ4v) is 1.43. The zero-order chi connectivity index (χ0) is 9.40. The predicted octanol–water partition coefficient (Wildman–Crippen LogP) is 4.16. The number of halogens is 1. The Morgan fingerprint density at radius 3 is 2.42 bits per heavy atom. The lowest BCUT2D eigenvalue weighted by Crippen LogP contribution is -2.01. The summed E-state index contributed by atoms with van der Waals surface area (Å²) in [6.07, 6.45) is 8.21.